The predicted molar refractivity (Wildman–Crippen MR) is 94.4 cm³/mol. The van der Waals surface area contributed by atoms with Gasteiger partial charge in [-0.1, -0.05) is 18.2 Å². The maximum Gasteiger partial charge on any atom is 0.573 e. The van der Waals surface area contributed by atoms with Gasteiger partial charge in [-0.15, -0.1) is 13.2 Å². The fourth-order valence-electron chi connectivity index (χ4n) is 2.64. The number of rotatable bonds is 6. The Morgan fingerprint density at radius 2 is 1.86 bits per heavy atom. The van der Waals surface area contributed by atoms with E-state index in [2.05, 4.69) is 14.4 Å². The molecule has 1 fully saturated rings. The molecule has 152 valence electrons. The monoisotopic (exact) mass is 417 g/mol. The molecule has 0 spiro atoms. The summed E-state index contributed by atoms with van der Waals surface area (Å²) >= 11 is 0. The third-order valence-corrected chi connectivity index (χ3v) is 5.42. The molecule has 1 aromatic carbocycles. The number of halogens is 3. The molecule has 3 rings (SSSR count). The number of morpholine rings is 1. The molecule has 0 atom stereocenters. The number of sulfonamides is 1. The molecule has 0 aliphatic carbocycles. The Labute approximate surface area is 160 Å². The van der Waals surface area contributed by atoms with Gasteiger partial charge in [0.15, 0.2) is 0 Å². The lowest BCUT2D eigenvalue weighted by molar-refractivity contribution is -0.275. The molecule has 2 heterocycles. The Morgan fingerprint density at radius 1 is 1.14 bits per heavy atom. The number of nitrogens with zero attached hydrogens (tertiary/aromatic N) is 2. The van der Waals surface area contributed by atoms with Gasteiger partial charge in [-0.05, 0) is 23.8 Å². The number of hydrogen-bond donors (Lipinski definition) is 1. The Kier molecular flexibility index (Phi) is 6.06. The van der Waals surface area contributed by atoms with Crippen LogP contribution in [-0.2, 0) is 21.3 Å². The molecule has 1 aliphatic rings. The molecule has 7 nitrogen and oxygen atoms in total. The zero-order chi connectivity index (χ0) is 20.2. The van der Waals surface area contributed by atoms with E-state index in [-0.39, 0.29) is 6.54 Å². The van der Waals surface area contributed by atoms with Crippen molar-refractivity contribution >= 4 is 15.8 Å². The molecule has 11 heteroatoms. The number of aromatic nitrogens is 1. The molecule has 0 bridgehead atoms. The fraction of sp³-hybridized carbons (Fsp3) is 0.353. The Morgan fingerprint density at radius 3 is 2.50 bits per heavy atom. The molecule has 1 saturated heterocycles. The number of pyridine rings is 1. The van der Waals surface area contributed by atoms with Crippen LogP contribution < -0.4 is 14.4 Å². The van der Waals surface area contributed by atoms with Crippen LogP contribution in [0.15, 0.2) is 47.5 Å². The maximum absolute atomic E-state index is 12.5. The second-order valence-electron chi connectivity index (χ2n) is 5.94. The van der Waals surface area contributed by atoms with Crippen LogP contribution >= 0.6 is 0 Å². The van der Waals surface area contributed by atoms with E-state index in [0.717, 1.165) is 31.0 Å². The Balaban J connectivity index is 1.68. The van der Waals surface area contributed by atoms with E-state index in [9.17, 15) is 21.6 Å². The SMILES string of the molecule is O=S(=O)(NCc1ccc(N2CCOCC2)nc1)c1ccccc1OC(F)(F)F. The number of anilines is 1. The molecular formula is C17H18F3N3O4S. The summed E-state index contributed by atoms with van der Waals surface area (Å²) in [6.07, 6.45) is -3.48. The van der Waals surface area contributed by atoms with E-state index in [1.807, 2.05) is 4.90 Å². The first-order valence-electron chi connectivity index (χ1n) is 8.37. The van der Waals surface area contributed by atoms with Crippen molar-refractivity contribution < 1.29 is 31.1 Å². The van der Waals surface area contributed by atoms with Gasteiger partial charge in [0, 0.05) is 25.8 Å². The van der Waals surface area contributed by atoms with Gasteiger partial charge in [0.1, 0.15) is 16.5 Å². The van der Waals surface area contributed by atoms with Gasteiger partial charge in [0.25, 0.3) is 0 Å². The van der Waals surface area contributed by atoms with Crippen molar-refractivity contribution in [2.24, 2.45) is 0 Å². The first-order valence-corrected chi connectivity index (χ1v) is 9.85. The quantitative estimate of drug-likeness (QED) is 0.777. The second kappa shape index (κ2) is 8.33. The van der Waals surface area contributed by atoms with Gasteiger partial charge in [-0.3, -0.25) is 0 Å². The van der Waals surface area contributed by atoms with E-state index in [4.69, 9.17) is 4.74 Å². The number of ether oxygens (including phenoxy) is 2. The highest BCUT2D eigenvalue weighted by atomic mass is 32.2. The van der Waals surface area contributed by atoms with Gasteiger partial charge in [-0.25, -0.2) is 18.1 Å². The van der Waals surface area contributed by atoms with Crippen LogP contribution in [0.5, 0.6) is 5.75 Å². The molecule has 1 aliphatic heterocycles. The van der Waals surface area contributed by atoms with E-state index in [1.165, 1.54) is 18.3 Å². The average molecular weight is 417 g/mol. The number of hydrogen-bond acceptors (Lipinski definition) is 6. The number of para-hydroxylation sites is 1. The number of benzene rings is 1. The minimum Gasteiger partial charge on any atom is -0.404 e. The van der Waals surface area contributed by atoms with Crippen LogP contribution in [0, 0.1) is 0 Å². The van der Waals surface area contributed by atoms with E-state index in [0.29, 0.717) is 18.8 Å². The van der Waals surface area contributed by atoms with Crippen LogP contribution in [0.25, 0.3) is 0 Å². The highest BCUT2D eigenvalue weighted by Crippen LogP contribution is 2.29. The maximum atomic E-state index is 12.5. The van der Waals surface area contributed by atoms with Crippen LogP contribution in [0.1, 0.15) is 5.56 Å². The van der Waals surface area contributed by atoms with Crippen molar-refractivity contribution in [2.75, 3.05) is 31.2 Å². The molecular weight excluding hydrogens is 399 g/mol. The van der Waals surface area contributed by atoms with E-state index < -0.39 is 27.0 Å². The van der Waals surface area contributed by atoms with E-state index in [1.54, 1.807) is 12.1 Å². The van der Waals surface area contributed by atoms with Crippen molar-refractivity contribution in [3.05, 3.63) is 48.2 Å². The van der Waals surface area contributed by atoms with Gasteiger partial charge in [0.2, 0.25) is 10.0 Å². The largest absolute Gasteiger partial charge is 0.573 e. The van der Waals surface area contributed by atoms with Crippen LogP contribution in [0.4, 0.5) is 19.0 Å². The van der Waals surface area contributed by atoms with Crippen molar-refractivity contribution in [3.8, 4) is 5.75 Å². The van der Waals surface area contributed by atoms with Gasteiger partial charge >= 0.3 is 6.36 Å². The lowest BCUT2D eigenvalue weighted by Crippen LogP contribution is -2.36. The first kappa shape index (κ1) is 20.4. The molecule has 1 aromatic heterocycles. The summed E-state index contributed by atoms with van der Waals surface area (Å²) in [5, 5.41) is 0. The van der Waals surface area contributed by atoms with E-state index >= 15 is 0 Å². The van der Waals surface area contributed by atoms with Crippen LogP contribution in [-0.4, -0.2) is 46.1 Å². The van der Waals surface area contributed by atoms with Crippen molar-refractivity contribution in [1.29, 1.82) is 0 Å². The molecule has 0 saturated carbocycles. The summed E-state index contributed by atoms with van der Waals surface area (Å²) in [7, 11) is -4.22. The van der Waals surface area contributed by atoms with Gasteiger partial charge < -0.3 is 14.4 Å². The minimum absolute atomic E-state index is 0.126. The first-order chi connectivity index (χ1) is 13.2. The van der Waals surface area contributed by atoms with Crippen LogP contribution in [0.2, 0.25) is 0 Å². The van der Waals surface area contributed by atoms with Crippen molar-refractivity contribution in [3.63, 3.8) is 0 Å². The number of alkyl halides is 3. The van der Waals surface area contributed by atoms with Crippen LogP contribution in [0.3, 0.4) is 0 Å². The summed E-state index contributed by atoms with van der Waals surface area (Å²) in [5.74, 6) is -0.0397. The molecule has 0 unspecified atom stereocenters. The molecule has 0 radical (unpaired) electrons. The third-order valence-electron chi connectivity index (χ3n) is 3.97. The minimum atomic E-state index is -5.00. The summed E-state index contributed by atoms with van der Waals surface area (Å²) in [6.45, 7) is 2.54. The smallest absolute Gasteiger partial charge is 0.404 e. The molecule has 28 heavy (non-hydrogen) atoms. The summed E-state index contributed by atoms with van der Waals surface area (Å²) in [6, 6.07) is 8.03. The van der Waals surface area contributed by atoms with Gasteiger partial charge in [0.05, 0.1) is 13.2 Å². The van der Waals surface area contributed by atoms with Gasteiger partial charge in [-0.2, -0.15) is 0 Å². The topological polar surface area (TPSA) is 80.8 Å². The molecule has 2 aromatic rings. The standard InChI is InChI=1S/C17H18F3N3O4S/c18-17(19,20)27-14-3-1-2-4-15(14)28(24,25)22-12-13-5-6-16(21-11-13)23-7-9-26-10-8-23/h1-6,11,22H,7-10,12H2. The fourth-order valence-corrected chi connectivity index (χ4v) is 3.78. The summed E-state index contributed by atoms with van der Waals surface area (Å²) < 4.78 is 73.7. The third kappa shape index (κ3) is 5.33. The second-order valence-corrected chi connectivity index (χ2v) is 7.68. The summed E-state index contributed by atoms with van der Waals surface area (Å²) in [5.41, 5.74) is 0.565. The zero-order valence-corrected chi connectivity index (χ0v) is 15.5. The lowest BCUT2D eigenvalue weighted by Gasteiger charge is -2.27. The molecule has 1 N–H and O–H groups in total. The number of nitrogens with one attached hydrogen (secondary N) is 1. The Bertz CT molecular complexity index is 899. The average Bonchev–Trinajstić information content (AvgIpc) is 2.67. The Hall–Kier alpha value is -2.37. The van der Waals surface area contributed by atoms with Crippen molar-refractivity contribution in [2.45, 2.75) is 17.8 Å². The highest BCUT2D eigenvalue weighted by Gasteiger charge is 2.33. The highest BCUT2D eigenvalue weighted by molar-refractivity contribution is 7.89. The lowest BCUT2D eigenvalue weighted by atomic mass is 10.3. The zero-order valence-electron chi connectivity index (χ0n) is 14.6. The molecule has 0 amide bonds. The predicted octanol–water partition coefficient (Wildman–Crippen LogP) is 2.30. The normalized spacial score (nSPS) is 15.5. The van der Waals surface area contributed by atoms with Crippen molar-refractivity contribution in [1.82, 2.24) is 9.71 Å². The summed E-state index contributed by atoms with van der Waals surface area (Å²) in [4.78, 5) is 5.76.